The van der Waals surface area contributed by atoms with Gasteiger partial charge in [-0.15, -0.1) is 0 Å². The molecule has 4 rings (SSSR count). The maximum Gasteiger partial charge on any atom is 0.224 e. The molecule has 1 saturated heterocycles. The molecule has 5 nitrogen and oxygen atoms in total. The number of nitrogens with zero attached hydrogens (tertiary/aromatic N) is 1. The van der Waals surface area contributed by atoms with Crippen molar-refractivity contribution in [3.05, 3.63) is 65.7 Å². The van der Waals surface area contributed by atoms with E-state index in [2.05, 4.69) is 10.6 Å². The van der Waals surface area contributed by atoms with Crippen molar-refractivity contribution in [3.8, 4) is 11.3 Å². The van der Waals surface area contributed by atoms with Gasteiger partial charge in [-0.3, -0.25) is 9.59 Å². The predicted octanol–water partition coefficient (Wildman–Crippen LogP) is 2.76. The Hall–Kier alpha value is -3.21. The average Bonchev–Trinajstić information content (AvgIpc) is 3.09. The van der Waals surface area contributed by atoms with Crippen molar-refractivity contribution in [2.45, 2.75) is 25.8 Å². The molecule has 0 aliphatic carbocycles. The molecule has 0 spiro atoms. The van der Waals surface area contributed by atoms with Gasteiger partial charge in [-0.05, 0) is 24.1 Å². The van der Waals surface area contributed by atoms with E-state index in [1.165, 1.54) is 0 Å². The third kappa shape index (κ3) is 3.53. The first-order chi connectivity index (χ1) is 13.1. The first-order valence-electron chi connectivity index (χ1n) is 9.11. The molecule has 5 heteroatoms. The lowest BCUT2D eigenvalue weighted by atomic mass is 9.95. The minimum absolute atomic E-state index is 0.0196. The highest BCUT2D eigenvalue weighted by atomic mass is 16.2. The van der Waals surface area contributed by atoms with E-state index in [1.807, 2.05) is 61.5 Å². The van der Waals surface area contributed by atoms with Crippen LogP contribution in [0.25, 0.3) is 22.2 Å². The van der Waals surface area contributed by atoms with Crippen molar-refractivity contribution in [1.29, 1.82) is 0 Å². The highest BCUT2D eigenvalue weighted by Gasteiger charge is 2.24. The first-order valence-corrected chi connectivity index (χ1v) is 9.11. The molecule has 1 fully saturated rings. The lowest BCUT2D eigenvalue weighted by molar-refractivity contribution is -0.121. The number of nitrogens with one attached hydrogen (secondary N) is 2. The summed E-state index contributed by atoms with van der Waals surface area (Å²) in [7, 11) is 0. The third-order valence-electron chi connectivity index (χ3n) is 5.01. The summed E-state index contributed by atoms with van der Waals surface area (Å²) in [6, 6.07) is 17.8. The number of aryl methyl sites for hydroxylation is 1. The van der Waals surface area contributed by atoms with E-state index in [4.69, 9.17) is 4.98 Å². The normalized spacial score (nSPS) is 16.3. The Morgan fingerprint density at radius 1 is 1.15 bits per heavy atom. The highest BCUT2D eigenvalue weighted by molar-refractivity contribution is 5.90. The molecule has 2 amide bonds. The van der Waals surface area contributed by atoms with Crippen molar-refractivity contribution in [2.24, 2.45) is 0 Å². The van der Waals surface area contributed by atoms with E-state index in [9.17, 15) is 9.59 Å². The van der Waals surface area contributed by atoms with Gasteiger partial charge in [0.2, 0.25) is 11.8 Å². The van der Waals surface area contributed by atoms with Crippen LogP contribution >= 0.6 is 0 Å². The number of para-hydroxylation sites is 1. The van der Waals surface area contributed by atoms with Crippen LogP contribution in [0.2, 0.25) is 0 Å². The largest absolute Gasteiger partial charge is 0.354 e. The van der Waals surface area contributed by atoms with E-state index in [0.717, 1.165) is 33.3 Å². The van der Waals surface area contributed by atoms with Gasteiger partial charge in [0.05, 0.1) is 23.7 Å². The molecule has 1 aliphatic heterocycles. The zero-order valence-electron chi connectivity index (χ0n) is 15.2. The van der Waals surface area contributed by atoms with Crippen molar-refractivity contribution < 1.29 is 9.59 Å². The number of carbonyl (C=O) groups excluding carboxylic acids is 2. The Morgan fingerprint density at radius 2 is 1.89 bits per heavy atom. The molecular formula is C22H21N3O2. The molecule has 1 atom stereocenters. The van der Waals surface area contributed by atoms with Gasteiger partial charge in [0.15, 0.2) is 0 Å². The summed E-state index contributed by atoms with van der Waals surface area (Å²) < 4.78 is 0. The first kappa shape index (κ1) is 17.2. The number of benzene rings is 2. The fraction of sp³-hybridized carbons (Fsp3) is 0.227. The van der Waals surface area contributed by atoms with Crippen LogP contribution in [0.3, 0.4) is 0 Å². The maximum absolute atomic E-state index is 12.7. The van der Waals surface area contributed by atoms with E-state index in [0.29, 0.717) is 13.0 Å². The highest BCUT2D eigenvalue weighted by Crippen LogP contribution is 2.30. The van der Waals surface area contributed by atoms with E-state index < -0.39 is 0 Å². The Kier molecular flexibility index (Phi) is 4.59. The Morgan fingerprint density at radius 3 is 2.63 bits per heavy atom. The zero-order chi connectivity index (χ0) is 18.8. The van der Waals surface area contributed by atoms with Gasteiger partial charge in [-0.1, -0.05) is 48.5 Å². The monoisotopic (exact) mass is 359 g/mol. The van der Waals surface area contributed by atoms with Gasteiger partial charge in [0.25, 0.3) is 0 Å². The second-order valence-electron chi connectivity index (χ2n) is 6.90. The van der Waals surface area contributed by atoms with Crippen molar-refractivity contribution in [1.82, 2.24) is 15.6 Å². The third-order valence-corrected chi connectivity index (χ3v) is 5.01. The number of hydrogen-bond acceptors (Lipinski definition) is 3. The van der Waals surface area contributed by atoms with Crippen LogP contribution in [0.4, 0.5) is 0 Å². The topological polar surface area (TPSA) is 71.1 Å². The molecule has 1 aliphatic rings. The number of fused-ring (bicyclic) bond motifs is 1. The van der Waals surface area contributed by atoms with Crippen LogP contribution in [-0.4, -0.2) is 29.4 Å². The van der Waals surface area contributed by atoms with Crippen molar-refractivity contribution in [2.75, 3.05) is 6.54 Å². The van der Waals surface area contributed by atoms with Gasteiger partial charge in [0.1, 0.15) is 0 Å². The molecule has 1 unspecified atom stereocenters. The molecule has 2 N–H and O–H groups in total. The van der Waals surface area contributed by atoms with E-state index in [-0.39, 0.29) is 24.3 Å². The molecule has 0 radical (unpaired) electrons. The summed E-state index contributed by atoms with van der Waals surface area (Å²) >= 11 is 0. The standard InChI is InChI=1S/C22H21N3O2/c1-14-17-9-5-6-10-19(17)25-22(15-7-3-2-4-8-15)18(14)12-21(27)24-16-11-20(26)23-13-16/h2-10,16H,11-13H2,1H3,(H,23,26)(H,24,27). The lowest BCUT2D eigenvalue weighted by Gasteiger charge is -2.16. The zero-order valence-corrected chi connectivity index (χ0v) is 15.2. The van der Waals surface area contributed by atoms with E-state index in [1.54, 1.807) is 0 Å². The summed E-state index contributed by atoms with van der Waals surface area (Å²) in [6.07, 6.45) is 0.574. The lowest BCUT2D eigenvalue weighted by Crippen LogP contribution is -2.37. The Bertz CT molecular complexity index is 1010. The Labute approximate surface area is 157 Å². The van der Waals surface area contributed by atoms with Gasteiger partial charge in [-0.25, -0.2) is 4.98 Å². The summed E-state index contributed by atoms with van der Waals surface area (Å²) in [5.74, 6) is -0.109. The second kappa shape index (κ2) is 7.19. The second-order valence-corrected chi connectivity index (χ2v) is 6.90. The molecule has 2 heterocycles. The number of aromatic nitrogens is 1. The van der Waals surface area contributed by atoms with Gasteiger partial charge in [0, 0.05) is 23.9 Å². The molecule has 136 valence electrons. The SMILES string of the molecule is Cc1c(CC(=O)NC2CNC(=O)C2)c(-c2ccccc2)nc2ccccc12. The summed E-state index contributed by atoms with van der Waals surface area (Å²) in [5.41, 5.74) is 4.74. The Balaban J connectivity index is 1.72. The minimum Gasteiger partial charge on any atom is -0.354 e. The number of carbonyl (C=O) groups is 2. The maximum atomic E-state index is 12.7. The van der Waals surface area contributed by atoms with Gasteiger partial charge in [-0.2, -0.15) is 0 Å². The van der Waals surface area contributed by atoms with Crippen LogP contribution in [0.15, 0.2) is 54.6 Å². The van der Waals surface area contributed by atoms with Crippen LogP contribution in [0.5, 0.6) is 0 Å². The fourth-order valence-corrected chi connectivity index (χ4v) is 3.61. The quantitative estimate of drug-likeness (QED) is 0.752. The van der Waals surface area contributed by atoms with Gasteiger partial charge >= 0.3 is 0 Å². The molecule has 0 saturated carbocycles. The van der Waals surface area contributed by atoms with Crippen molar-refractivity contribution in [3.63, 3.8) is 0 Å². The summed E-state index contributed by atoms with van der Waals surface area (Å²) in [4.78, 5) is 28.9. The fourth-order valence-electron chi connectivity index (χ4n) is 3.61. The van der Waals surface area contributed by atoms with Crippen LogP contribution in [0, 0.1) is 6.92 Å². The molecule has 3 aromatic rings. The van der Waals surface area contributed by atoms with Crippen molar-refractivity contribution >= 4 is 22.7 Å². The average molecular weight is 359 g/mol. The molecule has 27 heavy (non-hydrogen) atoms. The molecular weight excluding hydrogens is 338 g/mol. The van der Waals surface area contributed by atoms with E-state index >= 15 is 0 Å². The predicted molar refractivity (Wildman–Crippen MR) is 105 cm³/mol. The minimum atomic E-state index is -0.140. The smallest absolute Gasteiger partial charge is 0.224 e. The number of rotatable bonds is 4. The van der Waals surface area contributed by atoms with Gasteiger partial charge < -0.3 is 10.6 Å². The molecule has 2 aromatic carbocycles. The van der Waals surface area contributed by atoms with Crippen LogP contribution in [0.1, 0.15) is 17.5 Å². The summed E-state index contributed by atoms with van der Waals surface area (Å²) in [6.45, 7) is 2.53. The van der Waals surface area contributed by atoms with Crippen LogP contribution in [-0.2, 0) is 16.0 Å². The number of amides is 2. The summed E-state index contributed by atoms with van der Waals surface area (Å²) in [5, 5.41) is 6.76. The molecule has 1 aromatic heterocycles. The molecule has 0 bridgehead atoms. The number of hydrogen-bond donors (Lipinski definition) is 2. The van der Waals surface area contributed by atoms with Crippen LogP contribution < -0.4 is 10.6 Å². The number of pyridine rings is 1.